The summed E-state index contributed by atoms with van der Waals surface area (Å²) < 4.78 is 0. The van der Waals surface area contributed by atoms with E-state index in [1.54, 1.807) is 0 Å². The van der Waals surface area contributed by atoms with Crippen LogP contribution in [0.15, 0.2) is 0 Å². The monoisotopic (exact) mass is 260 g/mol. The van der Waals surface area contributed by atoms with E-state index in [0.717, 1.165) is 11.8 Å². The summed E-state index contributed by atoms with van der Waals surface area (Å²) in [5.41, 5.74) is 0. The van der Waals surface area contributed by atoms with Crippen molar-refractivity contribution in [1.29, 1.82) is 0 Å². The molecular formula is C16H33Cl. The minimum Gasteiger partial charge on any atom is -0.127 e. The fourth-order valence-corrected chi connectivity index (χ4v) is 2.79. The van der Waals surface area contributed by atoms with Gasteiger partial charge in [-0.2, -0.15) is 0 Å². The number of halogens is 1. The highest BCUT2D eigenvalue weighted by molar-refractivity contribution is 6.17. The van der Waals surface area contributed by atoms with Gasteiger partial charge in [0.1, 0.15) is 0 Å². The molecule has 0 aromatic rings. The van der Waals surface area contributed by atoms with Crippen LogP contribution in [0.1, 0.15) is 90.9 Å². The zero-order valence-corrected chi connectivity index (χ0v) is 12.9. The van der Waals surface area contributed by atoms with Gasteiger partial charge in [-0.1, -0.05) is 84.5 Å². The van der Waals surface area contributed by atoms with Crippen molar-refractivity contribution in [1.82, 2.24) is 0 Å². The first-order chi connectivity index (χ1) is 8.35. The van der Waals surface area contributed by atoms with Gasteiger partial charge >= 0.3 is 0 Å². The lowest BCUT2D eigenvalue weighted by molar-refractivity contribution is 0.397. The normalized spacial score (nSPS) is 12.9. The molecule has 0 radical (unpaired) electrons. The maximum absolute atomic E-state index is 5.89. The lowest BCUT2D eigenvalue weighted by Crippen LogP contribution is -2.02. The van der Waals surface area contributed by atoms with E-state index in [4.69, 9.17) is 11.6 Å². The Morgan fingerprint density at radius 3 is 1.71 bits per heavy atom. The Bertz CT molecular complexity index is 133. The topological polar surface area (TPSA) is 0 Å². The second-order valence-corrected chi connectivity index (χ2v) is 5.77. The van der Waals surface area contributed by atoms with Crippen LogP contribution in [0.25, 0.3) is 0 Å². The molecule has 0 fully saturated rings. The van der Waals surface area contributed by atoms with Gasteiger partial charge in [0.25, 0.3) is 0 Å². The van der Waals surface area contributed by atoms with Crippen molar-refractivity contribution >= 4 is 11.6 Å². The second-order valence-electron chi connectivity index (χ2n) is 5.40. The molecule has 1 atom stereocenters. The highest BCUT2D eigenvalue weighted by Crippen LogP contribution is 2.21. The van der Waals surface area contributed by atoms with Gasteiger partial charge in [-0.15, -0.1) is 11.6 Å². The highest BCUT2D eigenvalue weighted by Gasteiger charge is 2.07. The van der Waals surface area contributed by atoms with Gasteiger partial charge in [0.05, 0.1) is 0 Å². The summed E-state index contributed by atoms with van der Waals surface area (Å²) in [5, 5.41) is 0. The Balaban J connectivity index is 3.41. The average Bonchev–Trinajstić information content (AvgIpc) is 2.34. The lowest BCUT2D eigenvalue weighted by Gasteiger charge is -2.15. The Morgan fingerprint density at radius 1 is 0.647 bits per heavy atom. The number of unbranched alkanes of at least 4 members (excludes halogenated alkanes) is 7. The molecule has 0 bridgehead atoms. The van der Waals surface area contributed by atoms with Crippen LogP contribution in [0, 0.1) is 5.92 Å². The molecule has 0 aromatic carbocycles. The van der Waals surface area contributed by atoms with Crippen molar-refractivity contribution in [3.05, 3.63) is 0 Å². The van der Waals surface area contributed by atoms with Crippen LogP contribution in [0.2, 0.25) is 0 Å². The largest absolute Gasteiger partial charge is 0.127 e. The first-order valence-electron chi connectivity index (χ1n) is 7.91. The van der Waals surface area contributed by atoms with Gasteiger partial charge in [-0.3, -0.25) is 0 Å². The number of rotatable bonds is 13. The van der Waals surface area contributed by atoms with E-state index in [2.05, 4.69) is 13.8 Å². The maximum atomic E-state index is 5.89. The van der Waals surface area contributed by atoms with Crippen molar-refractivity contribution in [2.45, 2.75) is 90.9 Å². The van der Waals surface area contributed by atoms with E-state index < -0.39 is 0 Å². The number of hydrogen-bond donors (Lipinski definition) is 0. The first kappa shape index (κ1) is 17.3. The van der Waals surface area contributed by atoms with Gasteiger partial charge in [0.15, 0.2) is 0 Å². The van der Waals surface area contributed by atoms with Crippen LogP contribution >= 0.6 is 11.6 Å². The Labute approximate surface area is 115 Å². The van der Waals surface area contributed by atoms with Crippen LogP contribution in [0.5, 0.6) is 0 Å². The van der Waals surface area contributed by atoms with E-state index in [1.807, 2.05) is 0 Å². The molecule has 1 unspecified atom stereocenters. The van der Waals surface area contributed by atoms with Gasteiger partial charge in [-0.25, -0.2) is 0 Å². The molecule has 0 rings (SSSR count). The summed E-state index contributed by atoms with van der Waals surface area (Å²) in [4.78, 5) is 0. The lowest BCUT2D eigenvalue weighted by atomic mass is 9.92. The molecule has 0 aromatic heterocycles. The summed E-state index contributed by atoms with van der Waals surface area (Å²) >= 11 is 5.89. The third-order valence-corrected chi connectivity index (χ3v) is 3.92. The molecule has 0 amide bonds. The van der Waals surface area contributed by atoms with Crippen LogP contribution in [-0.4, -0.2) is 5.88 Å². The first-order valence-corrected chi connectivity index (χ1v) is 8.44. The van der Waals surface area contributed by atoms with E-state index >= 15 is 0 Å². The number of hydrogen-bond acceptors (Lipinski definition) is 0. The molecule has 17 heavy (non-hydrogen) atoms. The van der Waals surface area contributed by atoms with Crippen LogP contribution in [0.3, 0.4) is 0 Å². The zero-order chi connectivity index (χ0) is 12.8. The Hall–Kier alpha value is 0.290. The predicted molar refractivity (Wildman–Crippen MR) is 81.0 cm³/mol. The zero-order valence-electron chi connectivity index (χ0n) is 12.1. The highest BCUT2D eigenvalue weighted by atomic mass is 35.5. The van der Waals surface area contributed by atoms with Gasteiger partial charge in [0, 0.05) is 5.88 Å². The predicted octanol–water partition coefficient (Wildman–Crippen LogP) is 6.56. The SMILES string of the molecule is CCCCCCCCC(CCCl)CCCCC. The molecule has 0 aliphatic heterocycles. The minimum atomic E-state index is 0.854. The molecule has 0 aliphatic rings. The average molecular weight is 261 g/mol. The summed E-state index contributed by atoms with van der Waals surface area (Å²) in [6.07, 6.45) is 16.7. The molecule has 0 saturated heterocycles. The second kappa shape index (κ2) is 14.4. The smallest absolute Gasteiger partial charge is 0.0226 e. The molecule has 0 saturated carbocycles. The molecule has 0 aliphatic carbocycles. The van der Waals surface area contributed by atoms with Crippen LogP contribution < -0.4 is 0 Å². The summed E-state index contributed by atoms with van der Waals surface area (Å²) in [6, 6.07) is 0. The molecule has 104 valence electrons. The van der Waals surface area contributed by atoms with Crippen LogP contribution in [-0.2, 0) is 0 Å². The van der Waals surface area contributed by atoms with Crippen molar-refractivity contribution < 1.29 is 0 Å². The molecule has 0 spiro atoms. The maximum Gasteiger partial charge on any atom is 0.0226 e. The summed E-state index contributed by atoms with van der Waals surface area (Å²) in [7, 11) is 0. The molecule has 0 N–H and O–H groups in total. The van der Waals surface area contributed by atoms with Crippen molar-refractivity contribution in [2.75, 3.05) is 5.88 Å². The van der Waals surface area contributed by atoms with Crippen molar-refractivity contribution in [3.8, 4) is 0 Å². The summed E-state index contributed by atoms with van der Waals surface area (Å²) in [5.74, 6) is 1.76. The van der Waals surface area contributed by atoms with E-state index in [1.165, 1.54) is 77.0 Å². The minimum absolute atomic E-state index is 0.854. The van der Waals surface area contributed by atoms with Crippen molar-refractivity contribution in [3.63, 3.8) is 0 Å². The van der Waals surface area contributed by atoms with E-state index in [9.17, 15) is 0 Å². The Morgan fingerprint density at radius 2 is 1.12 bits per heavy atom. The third kappa shape index (κ3) is 12.5. The molecule has 0 nitrogen and oxygen atoms in total. The van der Waals surface area contributed by atoms with Crippen LogP contribution in [0.4, 0.5) is 0 Å². The van der Waals surface area contributed by atoms with E-state index in [0.29, 0.717) is 0 Å². The fraction of sp³-hybridized carbons (Fsp3) is 1.00. The standard InChI is InChI=1S/C16H33Cl/c1-3-5-7-8-9-11-13-16(14-15-17)12-10-6-4-2/h16H,3-15H2,1-2H3. The van der Waals surface area contributed by atoms with Crippen molar-refractivity contribution in [2.24, 2.45) is 5.92 Å². The third-order valence-electron chi connectivity index (χ3n) is 3.70. The Kier molecular flexibility index (Phi) is 14.6. The van der Waals surface area contributed by atoms with Gasteiger partial charge < -0.3 is 0 Å². The molecule has 1 heteroatoms. The molecular weight excluding hydrogens is 228 g/mol. The number of alkyl halides is 1. The van der Waals surface area contributed by atoms with E-state index in [-0.39, 0.29) is 0 Å². The fourth-order valence-electron chi connectivity index (χ4n) is 2.48. The van der Waals surface area contributed by atoms with Gasteiger partial charge in [0.2, 0.25) is 0 Å². The van der Waals surface area contributed by atoms with Gasteiger partial charge in [-0.05, 0) is 12.3 Å². The quantitative estimate of drug-likeness (QED) is 0.260. The molecule has 0 heterocycles. The summed E-state index contributed by atoms with van der Waals surface area (Å²) in [6.45, 7) is 4.56.